The predicted octanol–water partition coefficient (Wildman–Crippen LogP) is 4.74. The standard InChI is InChI=1S/C21H26FNO/c1-23(2)21(18-6-4-3-5-7-18)14-12-20(13-15-21)24-16-17-8-10-19(22)11-9-17/h3-11,20H,12-16H2,1-2H3. The molecule has 0 atom stereocenters. The SMILES string of the molecule is CN(C)C1(c2ccccc2)CCC(OCc2ccc(F)cc2)CC1. The molecule has 1 aliphatic carbocycles. The normalized spacial score (nSPS) is 24.2. The Hall–Kier alpha value is -1.71. The maximum absolute atomic E-state index is 13.0. The molecule has 2 nitrogen and oxygen atoms in total. The van der Waals surface area contributed by atoms with Gasteiger partial charge in [0, 0.05) is 5.54 Å². The summed E-state index contributed by atoms with van der Waals surface area (Å²) in [5, 5.41) is 0. The smallest absolute Gasteiger partial charge is 0.123 e. The van der Waals surface area contributed by atoms with Crippen LogP contribution in [0.4, 0.5) is 4.39 Å². The molecule has 1 fully saturated rings. The van der Waals surface area contributed by atoms with Gasteiger partial charge in [-0.2, -0.15) is 0 Å². The van der Waals surface area contributed by atoms with Crippen molar-refractivity contribution in [1.29, 1.82) is 0 Å². The molecular weight excluding hydrogens is 301 g/mol. The molecule has 0 amide bonds. The first-order valence-corrected chi connectivity index (χ1v) is 8.69. The van der Waals surface area contributed by atoms with Crippen LogP contribution in [0.15, 0.2) is 54.6 Å². The van der Waals surface area contributed by atoms with Gasteiger partial charge in [0.15, 0.2) is 0 Å². The molecule has 0 N–H and O–H groups in total. The Morgan fingerprint density at radius 2 is 1.62 bits per heavy atom. The molecule has 2 aromatic rings. The molecular formula is C21H26FNO. The van der Waals surface area contributed by atoms with Crippen LogP contribution in [0.5, 0.6) is 0 Å². The Morgan fingerprint density at radius 3 is 2.21 bits per heavy atom. The van der Waals surface area contributed by atoms with Gasteiger partial charge in [-0.25, -0.2) is 4.39 Å². The second-order valence-electron chi connectivity index (χ2n) is 6.93. The van der Waals surface area contributed by atoms with Crippen LogP contribution >= 0.6 is 0 Å². The van der Waals surface area contributed by atoms with Crippen molar-refractivity contribution in [3.8, 4) is 0 Å². The molecule has 24 heavy (non-hydrogen) atoms. The van der Waals surface area contributed by atoms with Crippen molar-refractivity contribution < 1.29 is 9.13 Å². The highest BCUT2D eigenvalue weighted by molar-refractivity contribution is 5.25. The van der Waals surface area contributed by atoms with E-state index < -0.39 is 0 Å². The van der Waals surface area contributed by atoms with Crippen molar-refractivity contribution in [2.45, 2.75) is 43.9 Å². The van der Waals surface area contributed by atoms with E-state index in [9.17, 15) is 4.39 Å². The summed E-state index contributed by atoms with van der Waals surface area (Å²) in [7, 11) is 4.35. The third kappa shape index (κ3) is 3.68. The molecule has 1 aliphatic rings. The van der Waals surface area contributed by atoms with E-state index in [1.165, 1.54) is 17.7 Å². The van der Waals surface area contributed by atoms with Gasteiger partial charge in [0.1, 0.15) is 5.82 Å². The number of nitrogens with zero attached hydrogens (tertiary/aromatic N) is 1. The average molecular weight is 327 g/mol. The maximum atomic E-state index is 13.0. The van der Waals surface area contributed by atoms with Crippen LogP contribution in [-0.4, -0.2) is 25.1 Å². The fourth-order valence-corrected chi connectivity index (χ4v) is 3.77. The zero-order valence-corrected chi connectivity index (χ0v) is 14.5. The van der Waals surface area contributed by atoms with Crippen molar-refractivity contribution in [2.24, 2.45) is 0 Å². The van der Waals surface area contributed by atoms with E-state index in [1.807, 2.05) is 0 Å². The Balaban J connectivity index is 1.60. The molecule has 1 saturated carbocycles. The lowest BCUT2D eigenvalue weighted by Crippen LogP contribution is -2.45. The van der Waals surface area contributed by atoms with E-state index >= 15 is 0 Å². The van der Waals surface area contributed by atoms with E-state index in [2.05, 4.69) is 49.3 Å². The minimum Gasteiger partial charge on any atom is -0.374 e. The highest BCUT2D eigenvalue weighted by atomic mass is 19.1. The lowest BCUT2D eigenvalue weighted by Gasteiger charge is -2.45. The van der Waals surface area contributed by atoms with Gasteiger partial charge >= 0.3 is 0 Å². The van der Waals surface area contributed by atoms with E-state index in [0.717, 1.165) is 31.2 Å². The third-order valence-electron chi connectivity index (χ3n) is 5.33. The zero-order chi connectivity index (χ0) is 17.0. The van der Waals surface area contributed by atoms with Crippen LogP contribution in [0.1, 0.15) is 36.8 Å². The predicted molar refractivity (Wildman–Crippen MR) is 95.3 cm³/mol. The van der Waals surface area contributed by atoms with Crippen molar-refractivity contribution in [3.63, 3.8) is 0 Å². The Kier molecular flexibility index (Phi) is 5.32. The second-order valence-corrected chi connectivity index (χ2v) is 6.93. The molecule has 3 heteroatoms. The van der Waals surface area contributed by atoms with Gasteiger partial charge in [0.2, 0.25) is 0 Å². The molecule has 0 unspecified atom stereocenters. The summed E-state index contributed by atoms with van der Waals surface area (Å²) in [5.41, 5.74) is 2.53. The van der Waals surface area contributed by atoms with Crippen molar-refractivity contribution in [3.05, 3.63) is 71.5 Å². The number of rotatable bonds is 5. The van der Waals surface area contributed by atoms with Crippen molar-refractivity contribution in [1.82, 2.24) is 4.90 Å². The molecule has 0 bridgehead atoms. The quantitative estimate of drug-likeness (QED) is 0.786. The molecule has 128 valence electrons. The molecule has 0 aromatic heterocycles. The van der Waals surface area contributed by atoms with E-state index in [-0.39, 0.29) is 17.5 Å². The number of benzene rings is 2. The van der Waals surface area contributed by atoms with Gasteiger partial charge in [-0.3, -0.25) is 4.90 Å². The lowest BCUT2D eigenvalue weighted by atomic mass is 9.74. The molecule has 0 spiro atoms. The summed E-state index contributed by atoms with van der Waals surface area (Å²) in [6, 6.07) is 17.4. The van der Waals surface area contributed by atoms with Crippen LogP contribution in [-0.2, 0) is 16.9 Å². The summed E-state index contributed by atoms with van der Waals surface area (Å²) in [5.74, 6) is -0.199. The summed E-state index contributed by atoms with van der Waals surface area (Å²) in [6.07, 6.45) is 4.57. The van der Waals surface area contributed by atoms with Gasteiger partial charge < -0.3 is 4.74 Å². The van der Waals surface area contributed by atoms with Crippen molar-refractivity contribution >= 4 is 0 Å². The van der Waals surface area contributed by atoms with E-state index in [0.29, 0.717) is 6.61 Å². The lowest BCUT2D eigenvalue weighted by molar-refractivity contribution is -0.0248. The van der Waals surface area contributed by atoms with Crippen LogP contribution in [0.25, 0.3) is 0 Å². The minimum atomic E-state index is -0.199. The van der Waals surface area contributed by atoms with Gasteiger partial charge in [-0.15, -0.1) is 0 Å². The maximum Gasteiger partial charge on any atom is 0.123 e. The first-order chi connectivity index (χ1) is 11.6. The summed E-state index contributed by atoms with van der Waals surface area (Å²) < 4.78 is 19.0. The third-order valence-corrected chi connectivity index (χ3v) is 5.33. The molecule has 0 saturated heterocycles. The van der Waals surface area contributed by atoms with Gasteiger partial charge in [0.25, 0.3) is 0 Å². The monoisotopic (exact) mass is 327 g/mol. The van der Waals surface area contributed by atoms with Crippen LogP contribution in [0.3, 0.4) is 0 Å². The van der Waals surface area contributed by atoms with Gasteiger partial charge in [-0.05, 0) is 63.0 Å². The molecule has 3 rings (SSSR count). The van der Waals surface area contributed by atoms with E-state index in [1.54, 1.807) is 12.1 Å². The Morgan fingerprint density at radius 1 is 1.00 bits per heavy atom. The number of halogens is 1. The number of ether oxygens (including phenoxy) is 1. The van der Waals surface area contributed by atoms with Gasteiger partial charge in [0.05, 0.1) is 12.7 Å². The Bertz CT molecular complexity index is 631. The largest absolute Gasteiger partial charge is 0.374 e. The molecule has 0 aliphatic heterocycles. The average Bonchev–Trinajstić information content (AvgIpc) is 2.62. The summed E-state index contributed by atoms with van der Waals surface area (Å²) >= 11 is 0. The first kappa shape index (κ1) is 17.1. The second kappa shape index (κ2) is 7.45. The molecule has 0 radical (unpaired) electrons. The van der Waals surface area contributed by atoms with Crippen LogP contribution < -0.4 is 0 Å². The number of hydrogen-bond donors (Lipinski definition) is 0. The topological polar surface area (TPSA) is 12.5 Å². The van der Waals surface area contributed by atoms with E-state index in [4.69, 9.17) is 4.74 Å². The molecule has 2 aromatic carbocycles. The minimum absolute atomic E-state index is 0.108. The zero-order valence-electron chi connectivity index (χ0n) is 14.5. The summed E-state index contributed by atoms with van der Waals surface area (Å²) in [6.45, 7) is 0.561. The van der Waals surface area contributed by atoms with Crippen LogP contribution in [0.2, 0.25) is 0 Å². The molecule has 0 heterocycles. The van der Waals surface area contributed by atoms with Crippen molar-refractivity contribution in [2.75, 3.05) is 14.1 Å². The van der Waals surface area contributed by atoms with Gasteiger partial charge in [-0.1, -0.05) is 42.5 Å². The fourth-order valence-electron chi connectivity index (χ4n) is 3.77. The summed E-state index contributed by atoms with van der Waals surface area (Å²) in [4.78, 5) is 2.36. The number of hydrogen-bond acceptors (Lipinski definition) is 2. The fraction of sp³-hybridized carbons (Fsp3) is 0.429. The first-order valence-electron chi connectivity index (χ1n) is 8.69. The highest BCUT2D eigenvalue weighted by Crippen LogP contribution is 2.41. The highest BCUT2D eigenvalue weighted by Gasteiger charge is 2.38. The Labute approximate surface area is 144 Å². The van der Waals surface area contributed by atoms with Crippen LogP contribution in [0, 0.1) is 5.82 Å².